The van der Waals surface area contributed by atoms with Crippen molar-refractivity contribution in [1.82, 2.24) is 14.5 Å². The number of rotatable bonds is 6. The average molecular weight is 484 g/mol. The minimum Gasteiger partial charge on any atom is -0.505 e. The Kier molecular flexibility index (Phi) is 5.93. The Morgan fingerprint density at radius 1 is 1.03 bits per heavy atom. The summed E-state index contributed by atoms with van der Waals surface area (Å²) in [4.78, 5) is 9.13. The molecular formula is C28H26FN5O2. The first-order chi connectivity index (χ1) is 17.4. The number of benzene rings is 3. The number of nitrogen functional groups attached to an aromatic ring is 1. The number of nitrogens with one attached hydrogen (secondary N) is 1. The number of aryl methyl sites for hydroxylation is 2. The van der Waals surface area contributed by atoms with E-state index in [-0.39, 0.29) is 0 Å². The molecule has 0 amide bonds. The van der Waals surface area contributed by atoms with Crippen LogP contribution in [-0.4, -0.2) is 26.8 Å². The molecule has 5 rings (SSSR count). The van der Waals surface area contributed by atoms with Gasteiger partial charge in [0, 0.05) is 23.9 Å². The van der Waals surface area contributed by atoms with E-state index >= 15 is 0 Å². The van der Waals surface area contributed by atoms with Gasteiger partial charge in [-0.2, -0.15) is 0 Å². The van der Waals surface area contributed by atoms with E-state index in [2.05, 4.69) is 15.3 Å². The Hall–Kier alpha value is -4.59. The molecule has 8 heteroatoms. The summed E-state index contributed by atoms with van der Waals surface area (Å²) in [6.45, 7) is 4.33. The molecule has 3 aromatic carbocycles. The van der Waals surface area contributed by atoms with Crippen molar-refractivity contribution >= 4 is 22.5 Å². The van der Waals surface area contributed by atoms with Crippen molar-refractivity contribution in [3.63, 3.8) is 0 Å². The maximum atomic E-state index is 14.6. The van der Waals surface area contributed by atoms with Gasteiger partial charge in [-0.1, -0.05) is 24.3 Å². The van der Waals surface area contributed by atoms with Crippen LogP contribution in [0.1, 0.15) is 16.7 Å². The molecule has 2 aromatic heterocycles. The van der Waals surface area contributed by atoms with Crippen molar-refractivity contribution in [2.24, 2.45) is 0 Å². The minimum absolute atomic E-state index is 0.396. The number of ether oxygens (including phenoxy) is 1. The summed E-state index contributed by atoms with van der Waals surface area (Å²) >= 11 is 0. The normalized spacial score (nSPS) is 11.1. The Balaban J connectivity index is 1.73. The maximum absolute atomic E-state index is 14.6. The Morgan fingerprint density at radius 3 is 2.44 bits per heavy atom. The Morgan fingerprint density at radius 2 is 1.75 bits per heavy atom. The van der Waals surface area contributed by atoms with Gasteiger partial charge >= 0.3 is 0 Å². The highest BCUT2D eigenvalue weighted by atomic mass is 19.1. The lowest BCUT2D eigenvalue weighted by Gasteiger charge is -2.17. The molecule has 0 unspecified atom stereocenters. The van der Waals surface area contributed by atoms with Crippen LogP contribution in [0, 0.1) is 19.7 Å². The average Bonchev–Trinajstić information content (AvgIpc) is 3.18. The molecule has 7 nitrogen and oxygen atoms in total. The third-order valence-corrected chi connectivity index (χ3v) is 6.29. The molecule has 36 heavy (non-hydrogen) atoms. The largest absolute Gasteiger partial charge is 0.505 e. The summed E-state index contributed by atoms with van der Waals surface area (Å²) in [6.07, 6.45) is 1.52. The molecule has 0 aliphatic rings. The molecule has 0 radical (unpaired) electrons. The second-order valence-electron chi connectivity index (χ2n) is 8.64. The van der Waals surface area contributed by atoms with Crippen LogP contribution in [0.5, 0.6) is 11.5 Å². The van der Waals surface area contributed by atoms with Gasteiger partial charge in [0.1, 0.15) is 17.6 Å². The molecule has 4 N–H and O–H groups in total. The highest BCUT2D eigenvalue weighted by Crippen LogP contribution is 2.39. The van der Waals surface area contributed by atoms with Gasteiger partial charge in [0.15, 0.2) is 17.4 Å². The van der Waals surface area contributed by atoms with Crippen LogP contribution in [0.3, 0.4) is 0 Å². The molecule has 0 atom stereocenters. The van der Waals surface area contributed by atoms with E-state index in [4.69, 9.17) is 10.5 Å². The first kappa shape index (κ1) is 23.2. The summed E-state index contributed by atoms with van der Waals surface area (Å²) in [5.41, 5.74) is 13.0. The summed E-state index contributed by atoms with van der Waals surface area (Å²) in [6, 6.07) is 18.0. The molecule has 5 aromatic rings. The lowest BCUT2D eigenvalue weighted by Crippen LogP contribution is -2.07. The monoisotopic (exact) mass is 483 g/mol. The van der Waals surface area contributed by atoms with Crippen LogP contribution in [0.15, 0.2) is 67.0 Å². The van der Waals surface area contributed by atoms with Crippen molar-refractivity contribution in [2.45, 2.75) is 20.4 Å². The molecular weight excluding hydrogens is 457 g/mol. The molecule has 0 aliphatic heterocycles. The fourth-order valence-corrected chi connectivity index (χ4v) is 4.44. The molecule has 0 bridgehead atoms. The number of nitrogens with two attached hydrogens (primary N) is 1. The SMILES string of the molecule is COc1ccc(CNc2ncnc3c(C)c(-c4ccc(N)cc4)n(-c4cc(F)c(O)cc4C)c23)cc1. The number of nitrogens with zero attached hydrogens (tertiary/aromatic N) is 3. The number of halogens is 1. The fraction of sp³-hybridized carbons (Fsp3) is 0.143. The zero-order valence-corrected chi connectivity index (χ0v) is 20.2. The van der Waals surface area contributed by atoms with Gasteiger partial charge in [-0.15, -0.1) is 0 Å². The number of hydrogen-bond acceptors (Lipinski definition) is 6. The predicted molar refractivity (Wildman–Crippen MR) is 140 cm³/mol. The summed E-state index contributed by atoms with van der Waals surface area (Å²) < 4.78 is 21.8. The molecule has 182 valence electrons. The molecule has 0 aliphatic carbocycles. The van der Waals surface area contributed by atoms with Crippen molar-refractivity contribution in [3.8, 4) is 28.4 Å². The van der Waals surface area contributed by atoms with Gasteiger partial charge in [-0.25, -0.2) is 14.4 Å². The molecule has 0 saturated carbocycles. The number of fused-ring (bicyclic) bond motifs is 1. The highest BCUT2D eigenvalue weighted by Gasteiger charge is 2.23. The van der Waals surface area contributed by atoms with Crippen LogP contribution >= 0.6 is 0 Å². The van der Waals surface area contributed by atoms with E-state index in [1.54, 1.807) is 7.11 Å². The van der Waals surface area contributed by atoms with Crippen LogP contribution in [-0.2, 0) is 6.54 Å². The van der Waals surface area contributed by atoms with E-state index in [0.717, 1.165) is 33.7 Å². The number of aromatic nitrogens is 3. The van der Waals surface area contributed by atoms with Crippen LogP contribution in [0.2, 0.25) is 0 Å². The third kappa shape index (κ3) is 4.07. The number of aromatic hydroxyl groups is 1. The minimum atomic E-state index is -0.706. The molecule has 2 heterocycles. The predicted octanol–water partition coefficient (Wildman–Crippen LogP) is 5.75. The zero-order valence-electron chi connectivity index (χ0n) is 20.2. The fourth-order valence-electron chi connectivity index (χ4n) is 4.44. The van der Waals surface area contributed by atoms with E-state index in [0.29, 0.717) is 34.8 Å². The summed E-state index contributed by atoms with van der Waals surface area (Å²) in [7, 11) is 1.63. The van der Waals surface area contributed by atoms with Crippen molar-refractivity contribution < 1.29 is 14.2 Å². The van der Waals surface area contributed by atoms with Gasteiger partial charge in [0.2, 0.25) is 0 Å². The van der Waals surface area contributed by atoms with Gasteiger partial charge < -0.3 is 25.5 Å². The van der Waals surface area contributed by atoms with E-state index in [1.165, 1.54) is 18.5 Å². The quantitative estimate of drug-likeness (QED) is 0.266. The third-order valence-electron chi connectivity index (χ3n) is 6.29. The van der Waals surface area contributed by atoms with E-state index < -0.39 is 11.6 Å². The van der Waals surface area contributed by atoms with Gasteiger partial charge in [0.05, 0.1) is 24.0 Å². The summed E-state index contributed by atoms with van der Waals surface area (Å²) in [5.74, 6) is 0.287. The van der Waals surface area contributed by atoms with Crippen molar-refractivity contribution in [2.75, 3.05) is 18.2 Å². The standard InChI is InChI=1S/C28H26FN5O2/c1-16-12-24(35)22(29)13-23(16)34-26(19-6-8-20(30)9-7-19)17(2)25-27(34)28(33-15-32-25)31-14-18-4-10-21(36-3)11-5-18/h4-13,15,35H,14,30H2,1-3H3,(H,31,32,33). The first-order valence-electron chi connectivity index (χ1n) is 11.5. The first-order valence-corrected chi connectivity index (χ1v) is 11.5. The van der Waals surface area contributed by atoms with Gasteiger partial charge in [-0.3, -0.25) is 0 Å². The second kappa shape index (κ2) is 9.22. The molecule has 0 saturated heterocycles. The molecule has 0 fully saturated rings. The van der Waals surface area contributed by atoms with Crippen molar-refractivity contribution in [1.29, 1.82) is 0 Å². The lowest BCUT2D eigenvalue weighted by molar-refractivity contribution is 0.414. The number of methoxy groups -OCH3 is 1. The maximum Gasteiger partial charge on any atom is 0.166 e. The Labute approximate surface area is 208 Å². The van der Waals surface area contributed by atoms with Crippen molar-refractivity contribution in [3.05, 3.63) is 89.5 Å². The highest BCUT2D eigenvalue weighted by molar-refractivity contribution is 5.97. The van der Waals surface area contributed by atoms with Crippen LogP contribution in [0.4, 0.5) is 15.9 Å². The van der Waals surface area contributed by atoms with E-state index in [1.807, 2.05) is 66.9 Å². The number of anilines is 2. The van der Waals surface area contributed by atoms with Gasteiger partial charge in [0.25, 0.3) is 0 Å². The summed E-state index contributed by atoms with van der Waals surface area (Å²) in [5, 5.41) is 13.4. The van der Waals surface area contributed by atoms with Crippen LogP contribution < -0.4 is 15.8 Å². The second-order valence-corrected chi connectivity index (χ2v) is 8.64. The zero-order chi connectivity index (χ0) is 25.4. The molecule has 0 spiro atoms. The number of phenolic OH excluding ortho intramolecular Hbond substituents is 1. The lowest BCUT2D eigenvalue weighted by atomic mass is 10.1. The van der Waals surface area contributed by atoms with Gasteiger partial charge in [-0.05, 0) is 60.9 Å². The number of hydrogen-bond donors (Lipinski definition) is 3. The smallest absolute Gasteiger partial charge is 0.166 e. The Bertz CT molecular complexity index is 1560. The van der Waals surface area contributed by atoms with Crippen LogP contribution in [0.25, 0.3) is 28.0 Å². The van der Waals surface area contributed by atoms with E-state index in [9.17, 15) is 9.50 Å². The topological polar surface area (TPSA) is 98.2 Å². The number of phenols is 1.